The molecule has 0 radical (unpaired) electrons. The maximum Gasteiger partial charge on any atom is 0.238 e. The van der Waals surface area contributed by atoms with Crippen molar-refractivity contribution in [3.05, 3.63) is 53.5 Å². The molecule has 28 heavy (non-hydrogen) atoms. The maximum absolute atomic E-state index is 12.4. The first-order chi connectivity index (χ1) is 13.7. The molecule has 1 saturated heterocycles. The van der Waals surface area contributed by atoms with Crippen molar-refractivity contribution in [1.29, 1.82) is 0 Å². The number of aromatic nitrogens is 1. The van der Waals surface area contributed by atoms with E-state index in [0.717, 1.165) is 29.3 Å². The van der Waals surface area contributed by atoms with E-state index in [1.54, 1.807) is 11.3 Å². The highest BCUT2D eigenvalue weighted by atomic mass is 32.1. The minimum Gasteiger partial charge on any atom is -0.372 e. The van der Waals surface area contributed by atoms with Crippen molar-refractivity contribution in [2.75, 3.05) is 36.9 Å². The zero-order valence-electron chi connectivity index (χ0n) is 16.2. The van der Waals surface area contributed by atoms with Gasteiger partial charge in [-0.15, -0.1) is 11.3 Å². The number of thiazole rings is 1. The molecular weight excluding hydrogens is 368 g/mol. The minimum absolute atomic E-state index is 0.00525. The van der Waals surface area contributed by atoms with Gasteiger partial charge in [-0.1, -0.05) is 12.1 Å². The lowest BCUT2D eigenvalue weighted by Gasteiger charge is -2.28. The highest BCUT2D eigenvalue weighted by Crippen LogP contribution is 2.23. The van der Waals surface area contributed by atoms with Crippen LogP contribution in [0.25, 0.3) is 10.2 Å². The molecule has 5 nitrogen and oxygen atoms in total. The van der Waals surface area contributed by atoms with Crippen LogP contribution in [0.15, 0.2) is 48.5 Å². The molecule has 3 aromatic rings. The first-order valence-electron chi connectivity index (χ1n) is 9.85. The first kappa shape index (κ1) is 18.9. The van der Waals surface area contributed by atoms with E-state index >= 15 is 0 Å². The summed E-state index contributed by atoms with van der Waals surface area (Å²) in [6, 6.07) is 16.3. The third-order valence-electron chi connectivity index (χ3n) is 5.03. The van der Waals surface area contributed by atoms with Gasteiger partial charge in [-0.05, 0) is 62.7 Å². The van der Waals surface area contributed by atoms with E-state index in [2.05, 4.69) is 33.4 Å². The second-order valence-corrected chi connectivity index (χ2v) is 8.51. The van der Waals surface area contributed by atoms with Gasteiger partial charge in [0.1, 0.15) is 5.01 Å². The number of rotatable bonds is 6. The van der Waals surface area contributed by atoms with Gasteiger partial charge in [0.25, 0.3) is 0 Å². The van der Waals surface area contributed by atoms with Crippen LogP contribution in [0.1, 0.15) is 24.3 Å². The third-order valence-corrected chi connectivity index (χ3v) is 6.05. The molecule has 0 unspecified atom stereocenters. The molecular formula is C22H26N4OS. The van der Waals surface area contributed by atoms with Crippen molar-refractivity contribution in [2.45, 2.75) is 25.8 Å². The average molecular weight is 395 g/mol. The Balaban J connectivity index is 1.29. The van der Waals surface area contributed by atoms with Crippen molar-refractivity contribution in [2.24, 2.45) is 0 Å². The Hall–Kier alpha value is -2.44. The number of hydrogen-bond acceptors (Lipinski definition) is 5. The quantitative estimate of drug-likeness (QED) is 0.675. The monoisotopic (exact) mass is 394 g/mol. The number of anilines is 2. The van der Waals surface area contributed by atoms with Gasteiger partial charge in [0.05, 0.1) is 23.3 Å². The summed E-state index contributed by atoms with van der Waals surface area (Å²) in [4.78, 5) is 21.4. The Labute approximate surface area is 170 Å². The molecule has 1 N–H and O–H groups in total. The maximum atomic E-state index is 12.4. The predicted octanol–water partition coefficient (Wildman–Crippen LogP) is 4.36. The summed E-state index contributed by atoms with van der Waals surface area (Å²) in [5.74, 6) is -0.00525. The zero-order chi connectivity index (χ0) is 19.3. The summed E-state index contributed by atoms with van der Waals surface area (Å²) in [5.41, 5.74) is 3.11. The van der Waals surface area contributed by atoms with Crippen LogP contribution >= 0.6 is 11.3 Å². The van der Waals surface area contributed by atoms with Crippen molar-refractivity contribution in [1.82, 2.24) is 9.88 Å². The largest absolute Gasteiger partial charge is 0.372 e. The van der Waals surface area contributed by atoms with E-state index in [1.165, 1.54) is 29.6 Å². The van der Waals surface area contributed by atoms with Crippen LogP contribution in [0.4, 0.5) is 11.4 Å². The number of piperidine rings is 1. The normalized spacial score (nSPS) is 14.6. The van der Waals surface area contributed by atoms with E-state index in [0.29, 0.717) is 13.1 Å². The van der Waals surface area contributed by atoms with Crippen LogP contribution in [0.2, 0.25) is 0 Å². The topological polar surface area (TPSA) is 48.5 Å². The Morgan fingerprint density at radius 2 is 1.86 bits per heavy atom. The van der Waals surface area contributed by atoms with Gasteiger partial charge >= 0.3 is 0 Å². The van der Waals surface area contributed by atoms with Gasteiger partial charge in [0.2, 0.25) is 5.91 Å². The number of carbonyl (C=O) groups is 1. The molecule has 2 heterocycles. The summed E-state index contributed by atoms with van der Waals surface area (Å²) in [6.07, 6.45) is 3.86. The summed E-state index contributed by atoms with van der Waals surface area (Å²) >= 11 is 1.68. The minimum atomic E-state index is -0.00525. The SMILES string of the molecule is CN(CC(=O)Nc1ccc(N2CCCCC2)cc1)Cc1nc2ccccc2s1. The van der Waals surface area contributed by atoms with E-state index in [-0.39, 0.29) is 5.91 Å². The molecule has 0 aliphatic carbocycles. The van der Waals surface area contributed by atoms with Gasteiger partial charge < -0.3 is 10.2 Å². The molecule has 1 aromatic heterocycles. The predicted molar refractivity (Wildman–Crippen MR) is 117 cm³/mol. The molecule has 6 heteroatoms. The first-order valence-corrected chi connectivity index (χ1v) is 10.7. The molecule has 0 bridgehead atoms. The van der Waals surface area contributed by atoms with Crippen LogP contribution < -0.4 is 10.2 Å². The molecule has 1 aliphatic rings. The summed E-state index contributed by atoms with van der Waals surface area (Å²) in [5, 5.41) is 4.03. The number of benzene rings is 2. The van der Waals surface area contributed by atoms with Gasteiger partial charge in [-0.2, -0.15) is 0 Å². The Kier molecular flexibility index (Phi) is 5.88. The number of carbonyl (C=O) groups excluding carboxylic acids is 1. The molecule has 0 saturated carbocycles. The number of amides is 1. The summed E-state index contributed by atoms with van der Waals surface area (Å²) < 4.78 is 1.18. The number of likely N-dealkylation sites (N-methyl/N-ethyl adjacent to an activating group) is 1. The molecule has 1 amide bonds. The molecule has 2 aromatic carbocycles. The number of fused-ring (bicyclic) bond motifs is 1. The highest BCUT2D eigenvalue weighted by molar-refractivity contribution is 7.18. The summed E-state index contributed by atoms with van der Waals surface area (Å²) in [7, 11) is 1.95. The number of nitrogens with one attached hydrogen (secondary N) is 1. The van der Waals surface area contributed by atoms with Crippen LogP contribution in [0.5, 0.6) is 0 Å². The molecule has 1 fully saturated rings. The van der Waals surface area contributed by atoms with E-state index in [1.807, 2.05) is 42.3 Å². The van der Waals surface area contributed by atoms with Crippen molar-refractivity contribution < 1.29 is 4.79 Å². The molecule has 146 valence electrons. The van der Waals surface area contributed by atoms with Crippen LogP contribution in [-0.4, -0.2) is 42.5 Å². The van der Waals surface area contributed by atoms with E-state index in [9.17, 15) is 4.79 Å². The molecule has 1 aliphatic heterocycles. The number of para-hydroxylation sites is 1. The highest BCUT2D eigenvalue weighted by Gasteiger charge is 2.12. The van der Waals surface area contributed by atoms with Crippen LogP contribution in [0.3, 0.4) is 0 Å². The van der Waals surface area contributed by atoms with E-state index in [4.69, 9.17) is 0 Å². The lowest BCUT2D eigenvalue weighted by atomic mass is 10.1. The Bertz CT molecular complexity index is 898. The van der Waals surface area contributed by atoms with E-state index < -0.39 is 0 Å². The Morgan fingerprint density at radius 1 is 1.11 bits per heavy atom. The fraction of sp³-hybridized carbons (Fsp3) is 0.364. The van der Waals surface area contributed by atoms with Crippen molar-refractivity contribution in [3.8, 4) is 0 Å². The molecule has 0 atom stereocenters. The Morgan fingerprint density at radius 3 is 2.61 bits per heavy atom. The average Bonchev–Trinajstić information content (AvgIpc) is 3.11. The lowest BCUT2D eigenvalue weighted by molar-refractivity contribution is -0.117. The smallest absolute Gasteiger partial charge is 0.238 e. The number of hydrogen-bond donors (Lipinski definition) is 1. The summed E-state index contributed by atoms with van der Waals surface area (Å²) in [6.45, 7) is 3.26. The van der Waals surface area contributed by atoms with Gasteiger partial charge in [-0.3, -0.25) is 9.69 Å². The van der Waals surface area contributed by atoms with Crippen molar-refractivity contribution in [3.63, 3.8) is 0 Å². The van der Waals surface area contributed by atoms with Gasteiger partial charge in [0, 0.05) is 24.5 Å². The fourth-order valence-electron chi connectivity index (χ4n) is 3.63. The van der Waals surface area contributed by atoms with Crippen LogP contribution in [-0.2, 0) is 11.3 Å². The second-order valence-electron chi connectivity index (χ2n) is 7.39. The molecule has 0 spiro atoms. The van der Waals surface area contributed by atoms with Crippen molar-refractivity contribution >= 4 is 38.8 Å². The van der Waals surface area contributed by atoms with Gasteiger partial charge in [-0.25, -0.2) is 4.98 Å². The second kappa shape index (κ2) is 8.71. The fourth-order valence-corrected chi connectivity index (χ4v) is 4.68. The zero-order valence-corrected chi connectivity index (χ0v) is 17.0. The third kappa shape index (κ3) is 4.69. The van der Waals surface area contributed by atoms with Gasteiger partial charge in [0.15, 0.2) is 0 Å². The standard InChI is InChI=1S/C22H26N4OS/c1-25(16-22-24-19-7-3-4-8-20(19)28-22)15-21(27)23-17-9-11-18(12-10-17)26-13-5-2-6-14-26/h3-4,7-12H,2,5-6,13-16H2,1H3,(H,23,27). The molecule has 4 rings (SSSR count). The van der Waals surface area contributed by atoms with Crippen LogP contribution in [0, 0.1) is 0 Å². The lowest BCUT2D eigenvalue weighted by Crippen LogP contribution is -2.30. The number of nitrogens with zero attached hydrogens (tertiary/aromatic N) is 3.